The van der Waals surface area contributed by atoms with Gasteiger partial charge < -0.3 is 9.72 Å². The summed E-state index contributed by atoms with van der Waals surface area (Å²) in [7, 11) is 1.53. The summed E-state index contributed by atoms with van der Waals surface area (Å²) in [6.07, 6.45) is 0. The van der Waals surface area contributed by atoms with Crippen molar-refractivity contribution >= 4 is 10.9 Å². The fourth-order valence-electron chi connectivity index (χ4n) is 1.28. The number of aromatic nitrogens is 1. The topological polar surface area (TPSA) is 42.1 Å². The summed E-state index contributed by atoms with van der Waals surface area (Å²) in [4.78, 5) is 14.5. The first-order valence-corrected chi connectivity index (χ1v) is 3.97. The molecule has 0 aliphatic carbocycles. The van der Waals surface area contributed by atoms with Crippen LogP contribution in [0, 0.1) is 0 Å². The maximum absolute atomic E-state index is 11.5. The zero-order valence-corrected chi connectivity index (χ0v) is 7.20. The van der Waals surface area contributed by atoms with E-state index in [4.69, 9.17) is 4.74 Å². The van der Waals surface area contributed by atoms with E-state index in [-0.39, 0.29) is 5.43 Å². The van der Waals surface area contributed by atoms with E-state index in [9.17, 15) is 4.79 Å². The number of methoxy groups -OCH3 is 1. The lowest BCUT2D eigenvalue weighted by Gasteiger charge is -2.01. The predicted octanol–water partition coefficient (Wildman–Crippen LogP) is 1.54. The van der Waals surface area contributed by atoms with E-state index in [0.717, 1.165) is 5.52 Å². The zero-order chi connectivity index (χ0) is 9.26. The molecule has 0 saturated carbocycles. The number of benzene rings is 1. The van der Waals surface area contributed by atoms with Crippen molar-refractivity contribution in [1.29, 1.82) is 0 Å². The lowest BCUT2D eigenvalue weighted by molar-refractivity contribution is 0.399. The molecule has 0 amide bonds. The highest BCUT2D eigenvalue weighted by Crippen LogP contribution is 2.10. The normalized spacial score (nSPS) is 10.2. The van der Waals surface area contributed by atoms with Gasteiger partial charge in [-0.15, -0.1) is 0 Å². The Morgan fingerprint density at radius 1 is 1.31 bits per heavy atom. The molecule has 0 fully saturated rings. The van der Waals surface area contributed by atoms with E-state index in [0.29, 0.717) is 11.3 Å². The van der Waals surface area contributed by atoms with Gasteiger partial charge in [-0.1, -0.05) is 12.1 Å². The molecule has 0 aliphatic rings. The molecule has 1 aromatic carbocycles. The average molecular weight is 175 g/mol. The second kappa shape index (κ2) is 2.94. The highest BCUT2D eigenvalue weighted by Gasteiger charge is 1.99. The van der Waals surface area contributed by atoms with Gasteiger partial charge in [0, 0.05) is 11.5 Å². The SMILES string of the molecule is COc1cc(=O)c2ccccc2[nH]1. The number of hydrogen-bond acceptors (Lipinski definition) is 2. The Kier molecular flexibility index (Phi) is 1.77. The smallest absolute Gasteiger partial charge is 0.194 e. The van der Waals surface area contributed by atoms with Crippen molar-refractivity contribution in [2.75, 3.05) is 7.11 Å². The van der Waals surface area contributed by atoms with Crippen LogP contribution in [0.3, 0.4) is 0 Å². The molecule has 0 unspecified atom stereocenters. The van der Waals surface area contributed by atoms with Gasteiger partial charge in [0.1, 0.15) is 0 Å². The van der Waals surface area contributed by atoms with Crippen molar-refractivity contribution in [3.8, 4) is 5.88 Å². The quantitative estimate of drug-likeness (QED) is 0.714. The van der Waals surface area contributed by atoms with E-state index < -0.39 is 0 Å². The third-order valence-corrected chi connectivity index (χ3v) is 1.93. The highest BCUT2D eigenvalue weighted by molar-refractivity contribution is 5.78. The predicted molar refractivity (Wildman–Crippen MR) is 51.1 cm³/mol. The Labute approximate surface area is 75.0 Å². The van der Waals surface area contributed by atoms with Crippen molar-refractivity contribution in [2.24, 2.45) is 0 Å². The van der Waals surface area contributed by atoms with Crippen molar-refractivity contribution in [2.45, 2.75) is 0 Å². The summed E-state index contributed by atoms with van der Waals surface area (Å²) in [5, 5.41) is 0.684. The van der Waals surface area contributed by atoms with Gasteiger partial charge in [-0.3, -0.25) is 4.79 Å². The molecule has 13 heavy (non-hydrogen) atoms. The number of nitrogens with one attached hydrogen (secondary N) is 1. The van der Waals surface area contributed by atoms with Crippen molar-refractivity contribution < 1.29 is 4.74 Å². The molecule has 0 saturated heterocycles. The van der Waals surface area contributed by atoms with E-state index in [2.05, 4.69) is 4.98 Å². The van der Waals surface area contributed by atoms with Gasteiger partial charge >= 0.3 is 0 Å². The molecular weight excluding hydrogens is 166 g/mol. The number of aromatic amines is 1. The zero-order valence-electron chi connectivity index (χ0n) is 7.20. The number of pyridine rings is 1. The second-order valence-corrected chi connectivity index (χ2v) is 2.75. The van der Waals surface area contributed by atoms with E-state index in [1.54, 1.807) is 6.07 Å². The van der Waals surface area contributed by atoms with Gasteiger partial charge in [-0.05, 0) is 12.1 Å². The molecule has 0 aliphatic heterocycles. The summed E-state index contributed by atoms with van der Waals surface area (Å²) in [5.41, 5.74) is 0.776. The first-order chi connectivity index (χ1) is 6.31. The van der Waals surface area contributed by atoms with Gasteiger partial charge in [-0.25, -0.2) is 0 Å². The van der Waals surface area contributed by atoms with Crippen LogP contribution in [0.2, 0.25) is 0 Å². The number of rotatable bonds is 1. The second-order valence-electron chi connectivity index (χ2n) is 2.75. The van der Waals surface area contributed by atoms with Crippen LogP contribution in [-0.4, -0.2) is 12.1 Å². The van der Waals surface area contributed by atoms with Crippen LogP contribution in [-0.2, 0) is 0 Å². The maximum atomic E-state index is 11.5. The van der Waals surface area contributed by atoms with Gasteiger partial charge in [0.05, 0.1) is 12.6 Å². The van der Waals surface area contributed by atoms with Gasteiger partial charge in [0.15, 0.2) is 11.3 Å². The molecule has 0 radical (unpaired) electrons. The number of para-hydroxylation sites is 1. The van der Waals surface area contributed by atoms with Crippen LogP contribution in [0.5, 0.6) is 5.88 Å². The van der Waals surface area contributed by atoms with Crippen LogP contribution in [0.1, 0.15) is 0 Å². The monoisotopic (exact) mass is 175 g/mol. The molecule has 2 aromatic rings. The number of fused-ring (bicyclic) bond motifs is 1. The summed E-state index contributed by atoms with van der Waals surface area (Å²) in [6, 6.07) is 8.79. The van der Waals surface area contributed by atoms with E-state index >= 15 is 0 Å². The van der Waals surface area contributed by atoms with Crippen LogP contribution in [0.4, 0.5) is 0 Å². The minimum Gasteiger partial charge on any atom is -0.482 e. The van der Waals surface area contributed by atoms with Crippen LogP contribution >= 0.6 is 0 Å². The summed E-state index contributed by atoms with van der Waals surface area (Å²) in [5.74, 6) is 0.490. The van der Waals surface area contributed by atoms with Crippen molar-refractivity contribution in [3.63, 3.8) is 0 Å². The lowest BCUT2D eigenvalue weighted by atomic mass is 10.2. The first kappa shape index (κ1) is 7.86. The Morgan fingerprint density at radius 2 is 2.08 bits per heavy atom. The van der Waals surface area contributed by atoms with E-state index in [1.165, 1.54) is 13.2 Å². The van der Waals surface area contributed by atoms with Crippen molar-refractivity contribution in [1.82, 2.24) is 4.98 Å². The third kappa shape index (κ3) is 1.28. The fraction of sp³-hybridized carbons (Fsp3) is 0.100. The summed E-state index contributed by atoms with van der Waals surface area (Å²) >= 11 is 0. The lowest BCUT2D eigenvalue weighted by Crippen LogP contribution is -2.02. The van der Waals surface area contributed by atoms with E-state index in [1.807, 2.05) is 18.2 Å². The fourth-order valence-corrected chi connectivity index (χ4v) is 1.28. The number of H-pyrrole nitrogens is 1. The van der Waals surface area contributed by atoms with Crippen LogP contribution < -0.4 is 10.2 Å². The molecule has 3 nitrogen and oxygen atoms in total. The molecule has 2 rings (SSSR count). The molecule has 1 N–H and O–H groups in total. The molecule has 3 heteroatoms. The van der Waals surface area contributed by atoms with Crippen molar-refractivity contribution in [3.05, 3.63) is 40.6 Å². The van der Waals surface area contributed by atoms with Crippen LogP contribution in [0.15, 0.2) is 35.1 Å². The average Bonchev–Trinajstić information content (AvgIpc) is 2.18. The highest BCUT2D eigenvalue weighted by atomic mass is 16.5. The molecule has 1 aromatic heterocycles. The standard InChI is InChI=1S/C10H9NO2/c1-13-10-6-9(12)7-4-2-3-5-8(7)11-10/h2-6H,1H3,(H,11,12). The van der Waals surface area contributed by atoms with Gasteiger partial charge in [0.25, 0.3) is 0 Å². The van der Waals surface area contributed by atoms with Gasteiger partial charge in [0.2, 0.25) is 0 Å². The number of hydrogen-bond donors (Lipinski definition) is 1. The summed E-state index contributed by atoms with van der Waals surface area (Å²) < 4.78 is 4.95. The number of ether oxygens (including phenoxy) is 1. The van der Waals surface area contributed by atoms with Crippen LogP contribution in [0.25, 0.3) is 10.9 Å². The first-order valence-electron chi connectivity index (χ1n) is 3.97. The minimum atomic E-state index is -0.0220. The maximum Gasteiger partial charge on any atom is 0.194 e. The molecule has 0 bridgehead atoms. The Morgan fingerprint density at radius 3 is 2.85 bits per heavy atom. The largest absolute Gasteiger partial charge is 0.482 e. The minimum absolute atomic E-state index is 0.0220. The Bertz CT molecular complexity index is 487. The molecule has 1 heterocycles. The summed E-state index contributed by atoms with van der Waals surface area (Å²) in [6.45, 7) is 0. The van der Waals surface area contributed by atoms with Gasteiger partial charge in [-0.2, -0.15) is 0 Å². The Hall–Kier alpha value is -1.77. The Balaban J connectivity index is 2.85. The third-order valence-electron chi connectivity index (χ3n) is 1.93. The molecule has 0 atom stereocenters. The molecular formula is C10H9NO2. The molecule has 66 valence electrons. The molecule has 0 spiro atoms.